The first-order valence-electron chi connectivity index (χ1n) is 8.83. The summed E-state index contributed by atoms with van der Waals surface area (Å²) >= 11 is 0. The van der Waals surface area contributed by atoms with E-state index in [0.717, 1.165) is 37.8 Å². The lowest BCUT2D eigenvalue weighted by Gasteiger charge is -2.45. The fourth-order valence-electron chi connectivity index (χ4n) is 4.36. The molecule has 1 amide bonds. The summed E-state index contributed by atoms with van der Waals surface area (Å²) in [7, 11) is 0. The molecule has 4 rings (SSSR count). The number of likely N-dealkylation sites (tertiary alicyclic amines) is 1. The Balaban J connectivity index is 1.64. The van der Waals surface area contributed by atoms with Crippen LogP contribution >= 0.6 is 0 Å². The van der Waals surface area contributed by atoms with Crippen LogP contribution in [0.25, 0.3) is 0 Å². The molecule has 2 aromatic rings. The van der Waals surface area contributed by atoms with Crippen LogP contribution in [0.4, 0.5) is 0 Å². The Kier molecular flexibility index (Phi) is 3.79. The van der Waals surface area contributed by atoms with Gasteiger partial charge in [-0.15, -0.1) is 0 Å². The smallest absolute Gasteiger partial charge is 0.254 e. The van der Waals surface area contributed by atoms with Crippen LogP contribution in [-0.4, -0.2) is 28.5 Å². The highest BCUT2D eigenvalue weighted by atomic mass is 16.3. The summed E-state index contributed by atoms with van der Waals surface area (Å²) < 4.78 is 0. The van der Waals surface area contributed by atoms with Crippen molar-refractivity contribution < 1.29 is 9.90 Å². The molecule has 1 aliphatic carbocycles. The number of aromatic hydroxyl groups is 1. The highest BCUT2D eigenvalue weighted by Crippen LogP contribution is 2.41. The second kappa shape index (κ2) is 5.97. The van der Waals surface area contributed by atoms with Gasteiger partial charge in [-0.2, -0.15) is 0 Å². The van der Waals surface area contributed by atoms with Crippen LogP contribution in [0.5, 0.6) is 5.75 Å². The SMILES string of the molecule is Cc1ccc(C(=O)N2CCC[C@H]3c4ccccc4CC[C@H]32)cc1O. The van der Waals surface area contributed by atoms with Gasteiger partial charge in [0.25, 0.3) is 5.91 Å². The van der Waals surface area contributed by atoms with Gasteiger partial charge in [0.15, 0.2) is 0 Å². The lowest BCUT2D eigenvalue weighted by molar-refractivity contribution is 0.0546. The van der Waals surface area contributed by atoms with E-state index in [-0.39, 0.29) is 17.7 Å². The third-order valence-electron chi connectivity index (χ3n) is 5.66. The molecule has 3 heteroatoms. The van der Waals surface area contributed by atoms with Gasteiger partial charge in [-0.1, -0.05) is 30.3 Å². The van der Waals surface area contributed by atoms with Gasteiger partial charge in [0.05, 0.1) is 0 Å². The van der Waals surface area contributed by atoms with Crippen molar-refractivity contribution in [1.29, 1.82) is 0 Å². The maximum absolute atomic E-state index is 13.0. The Morgan fingerprint density at radius 1 is 1.17 bits per heavy atom. The van der Waals surface area contributed by atoms with Crippen LogP contribution in [0.1, 0.15) is 52.2 Å². The highest BCUT2D eigenvalue weighted by Gasteiger charge is 2.38. The lowest BCUT2D eigenvalue weighted by Crippen LogP contribution is -2.49. The molecule has 0 spiro atoms. The topological polar surface area (TPSA) is 40.5 Å². The molecule has 2 atom stereocenters. The first kappa shape index (κ1) is 15.3. The minimum Gasteiger partial charge on any atom is -0.508 e. The van der Waals surface area contributed by atoms with Gasteiger partial charge in [0, 0.05) is 24.1 Å². The number of hydrogen-bond acceptors (Lipinski definition) is 2. The maximum atomic E-state index is 13.0. The van der Waals surface area contributed by atoms with Crippen LogP contribution in [0.2, 0.25) is 0 Å². The zero-order chi connectivity index (χ0) is 16.7. The Hall–Kier alpha value is -2.29. The summed E-state index contributed by atoms with van der Waals surface area (Å²) in [6.07, 6.45) is 4.27. The first-order chi connectivity index (χ1) is 11.6. The van der Waals surface area contributed by atoms with Crippen molar-refractivity contribution in [3.63, 3.8) is 0 Å². The van der Waals surface area contributed by atoms with Gasteiger partial charge in [-0.3, -0.25) is 4.79 Å². The molecule has 124 valence electrons. The first-order valence-corrected chi connectivity index (χ1v) is 8.83. The van der Waals surface area contributed by atoms with Crippen LogP contribution in [0.3, 0.4) is 0 Å². The molecule has 0 saturated carbocycles. The second-order valence-corrected chi connectivity index (χ2v) is 7.05. The van der Waals surface area contributed by atoms with Gasteiger partial charge in [0.2, 0.25) is 0 Å². The van der Waals surface area contributed by atoms with E-state index >= 15 is 0 Å². The number of carbonyl (C=O) groups is 1. The quantitative estimate of drug-likeness (QED) is 0.861. The number of amides is 1. The van der Waals surface area contributed by atoms with E-state index in [0.29, 0.717) is 11.5 Å². The zero-order valence-electron chi connectivity index (χ0n) is 14.0. The molecular formula is C21H23NO2. The van der Waals surface area contributed by atoms with E-state index in [4.69, 9.17) is 0 Å². The standard InChI is InChI=1S/C21H23NO2/c1-14-8-9-16(13-20(14)23)21(24)22-12-4-7-18-17-6-3-2-5-15(17)10-11-19(18)22/h2-3,5-6,8-9,13,18-19,23H,4,7,10-12H2,1H3/t18-,19+/m0/s1. The van der Waals surface area contributed by atoms with Gasteiger partial charge >= 0.3 is 0 Å². The number of fused-ring (bicyclic) bond motifs is 3. The molecule has 2 aliphatic rings. The van der Waals surface area contributed by atoms with Crippen LogP contribution in [0, 0.1) is 6.92 Å². The Morgan fingerprint density at radius 2 is 2.00 bits per heavy atom. The van der Waals surface area contributed by atoms with Crippen molar-refractivity contribution in [3.05, 3.63) is 64.7 Å². The molecular weight excluding hydrogens is 298 g/mol. The number of carbonyl (C=O) groups excluding carboxylic acids is 1. The summed E-state index contributed by atoms with van der Waals surface area (Å²) in [5, 5.41) is 9.94. The zero-order valence-corrected chi connectivity index (χ0v) is 14.0. The molecule has 1 saturated heterocycles. The molecule has 0 radical (unpaired) electrons. The molecule has 1 fully saturated rings. The van der Waals surface area contributed by atoms with Crippen molar-refractivity contribution >= 4 is 5.91 Å². The maximum Gasteiger partial charge on any atom is 0.254 e. The predicted molar refractivity (Wildman–Crippen MR) is 94.4 cm³/mol. The Morgan fingerprint density at radius 3 is 2.83 bits per heavy atom. The number of benzene rings is 2. The lowest BCUT2D eigenvalue weighted by atomic mass is 9.74. The van der Waals surface area contributed by atoms with E-state index in [1.165, 1.54) is 11.1 Å². The van der Waals surface area contributed by atoms with Gasteiger partial charge in [-0.25, -0.2) is 0 Å². The average Bonchev–Trinajstić information content (AvgIpc) is 2.62. The van der Waals surface area contributed by atoms with Crippen molar-refractivity contribution in [2.45, 2.75) is 44.6 Å². The van der Waals surface area contributed by atoms with Crippen LogP contribution in [-0.2, 0) is 6.42 Å². The molecule has 1 N–H and O–H groups in total. The highest BCUT2D eigenvalue weighted by molar-refractivity contribution is 5.95. The molecule has 0 bridgehead atoms. The number of phenolic OH excluding ortho intramolecular Hbond substituents is 1. The van der Waals surface area contributed by atoms with E-state index in [1.54, 1.807) is 6.07 Å². The average molecular weight is 321 g/mol. The number of phenols is 1. The third-order valence-corrected chi connectivity index (χ3v) is 5.66. The summed E-state index contributed by atoms with van der Waals surface area (Å²) in [4.78, 5) is 15.1. The van der Waals surface area contributed by atoms with E-state index in [2.05, 4.69) is 24.3 Å². The predicted octanol–water partition coefficient (Wildman–Crippen LogP) is 4.04. The third kappa shape index (κ3) is 2.48. The van der Waals surface area contributed by atoms with Gasteiger partial charge in [-0.05, 0) is 61.4 Å². The molecule has 1 aliphatic heterocycles. The van der Waals surface area contributed by atoms with Crippen LogP contribution < -0.4 is 0 Å². The minimum absolute atomic E-state index is 0.0550. The molecule has 3 nitrogen and oxygen atoms in total. The minimum atomic E-state index is 0.0550. The largest absolute Gasteiger partial charge is 0.508 e. The normalized spacial score (nSPS) is 22.6. The summed E-state index contributed by atoms with van der Waals surface area (Å²) in [5.74, 6) is 0.703. The van der Waals surface area contributed by atoms with E-state index < -0.39 is 0 Å². The number of rotatable bonds is 1. The fraction of sp³-hybridized carbons (Fsp3) is 0.381. The summed E-state index contributed by atoms with van der Waals surface area (Å²) in [6.45, 7) is 2.66. The number of piperidine rings is 1. The number of nitrogens with zero attached hydrogens (tertiary/aromatic N) is 1. The van der Waals surface area contributed by atoms with Gasteiger partial charge < -0.3 is 10.0 Å². The van der Waals surface area contributed by atoms with Crippen molar-refractivity contribution in [3.8, 4) is 5.75 Å². The van der Waals surface area contributed by atoms with E-state index in [1.807, 2.05) is 24.0 Å². The Bertz CT molecular complexity index is 783. The molecule has 2 aromatic carbocycles. The molecule has 0 unspecified atom stereocenters. The Labute approximate surface area is 142 Å². The number of hydrogen-bond donors (Lipinski definition) is 1. The van der Waals surface area contributed by atoms with Crippen molar-refractivity contribution in [1.82, 2.24) is 4.90 Å². The second-order valence-electron chi connectivity index (χ2n) is 7.05. The van der Waals surface area contributed by atoms with E-state index in [9.17, 15) is 9.90 Å². The van der Waals surface area contributed by atoms with Gasteiger partial charge in [0.1, 0.15) is 5.75 Å². The summed E-state index contributed by atoms with van der Waals surface area (Å²) in [6, 6.07) is 14.2. The van der Waals surface area contributed by atoms with Crippen molar-refractivity contribution in [2.75, 3.05) is 6.54 Å². The molecule has 24 heavy (non-hydrogen) atoms. The number of aryl methyl sites for hydroxylation is 2. The molecule has 1 heterocycles. The fourth-order valence-corrected chi connectivity index (χ4v) is 4.36. The monoisotopic (exact) mass is 321 g/mol. The van der Waals surface area contributed by atoms with Crippen molar-refractivity contribution in [2.24, 2.45) is 0 Å². The van der Waals surface area contributed by atoms with Crippen LogP contribution in [0.15, 0.2) is 42.5 Å². The molecule has 0 aromatic heterocycles. The summed E-state index contributed by atoms with van der Waals surface area (Å²) in [5.41, 5.74) is 4.27.